The number of thiocarbonyl (C=S) groups is 2. The van der Waals surface area contributed by atoms with Crippen LogP contribution in [0.4, 0.5) is 0 Å². The monoisotopic (exact) mass is 359 g/mol. The predicted molar refractivity (Wildman–Crippen MR) is 103 cm³/mol. The lowest BCUT2D eigenvalue weighted by molar-refractivity contribution is 0.304. The Kier molecular flexibility index (Phi) is 4.95. The molecule has 116 valence electrons. The molecule has 23 heavy (non-hydrogen) atoms. The summed E-state index contributed by atoms with van der Waals surface area (Å²) in [5.41, 5.74) is 1.75. The Hall–Kier alpha value is -1.89. The molecule has 2 aromatic carbocycles. The van der Waals surface area contributed by atoms with E-state index in [1.54, 1.807) is 12.1 Å². The van der Waals surface area contributed by atoms with E-state index in [9.17, 15) is 5.11 Å². The molecular formula is C17H13NO2S3. The summed E-state index contributed by atoms with van der Waals surface area (Å²) in [6, 6.07) is 15.1. The summed E-state index contributed by atoms with van der Waals surface area (Å²) in [7, 11) is 0. The number of thioether (sulfide) groups is 1. The Morgan fingerprint density at radius 3 is 2.57 bits per heavy atom. The van der Waals surface area contributed by atoms with E-state index in [2.05, 4.69) is 5.32 Å². The molecule has 2 aromatic rings. The normalized spacial score (nSPS) is 15.7. The Labute approximate surface area is 149 Å². The number of ether oxygens (including phenoxy) is 1. The first-order valence-electron chi connectivity index (χ1n) is 6.86. The number of aromatic hydroxyl groups is 1. The van der Waals surface area contributed by atoms with E-state index in [4.69, 9.17) is 29.2 Å². The standard InChI is InChI=1S/C17H13NO2S3/c19-14-9-13(20-10-11-4-2-1-3-5-11)7-6-12(14)8-15-16(21)18-17(22)23-15/h1-9,19H,10H2,(H,18,21,22)/b15-8-. The maximum atomic E-state index is 10.2. The van der Waals surface area contributed by atoms with Crippen molar-refractivity contribution in [3.63, 3.8) is 0 Å². The van der Waals surface area contributed by atoms with Crippen molar-refractivity contribution in [1.82, 2.24) is 5.32 Å². The van der Waals surface area contributed by atoms with Crippen molar-refractivity contribution in [2.75, 3.05) is 0 Å². The third-order valence-corrected chi connectivity index (χ3v) is 4.81. The number of rotatable bonds is 4. The Balaban J connectivity index is 1.72. The van der Waals surface area contributed by atoms with E-state index in [1.807, 2.05) is 42.5 Å². The zero-order valence-electron chi connectivity index (χ0n) is 12.0. The molecule has 3 rings (SSSR count). The molecule has 1 aliphatic rings. The molecule has 0 radical (unpaired) electrons. The summed E-state index contributed by atoms with van der Waals surface area (Å²) >= 11 is 11.6. The van der Waals surface area contributed by atoms with Crippen LogP contribution in [0.5, 0.6) is 11.5 Å². The van der Waals surface area contributed by atoms with E-state index in [0.29, 0.717) is 27.2 Å². The van der Waals surface area contributed by atoms with E-state index >= 15 is 0 Å². The summed E-state index contributed by atoms with van der Waals surface area (Å²) in [4.78, 5) is 1.42. The average molecular weight is 359 g/mol. The van der Waals surface area contributed by atoms with Gasteiger partial charge >= 0.3 is 0 Å². The summed E-state index contributed by atoms with van der Waals surface area (Å²) in [6.45, 7) is 0.457. The first-order chi connectivity index (χ1) is 11.1. The first-order valence-corrected chi connectivity index (χ1v) is 8.50. The summed E-state index contributed by atoms with van der Waals surface area (Å²) in [6.07, 6.45) is 1.82. The fourth-order valence-electron chi connectivity index (χ4n) is 2.04. The molecule has 0 saturated carbocycles. The molecule has 0 unspecified atom stereocenters. The van der Waals surface area contributed by atoms with Crippen LogP contribution in [-0.2, 0) is 6.61 Å². The van der Waals surface area contributed by atoms with Crippen LogP contribution in [0.1, 0.15) is 11.1 Å². The quantitative estimate of drug-likeness (QED) is 0.628. The zero-order valence-corrected chi connectivity index (χ0v) is 14.4. The van der Waals surface area contributed by atoms with Crippen molar-refractivity contribution in [2.24, 2.45) is 0 Å². The minimum absolute atomic E-state index is 0.143. The fourth-order valence-corrected chi connectivity index (χ4v) is 3.51. The zero-order chi connectivity index (χ0) is 16.2. The van der Waals surface area contributed by atoms with Crippen molar-refractivity contribution in [1.29, 1.82) is 0 Å². The summed E-state index contributed by atoms with van der Waals surface area (Å²) in [5, 5.41) is 13.1. The van der Waals surface area contributed by atoms with Crippen LogP contribution < -0.4 is 10.1 Å². The topological polar surface area (TPSA) is 41.5 Å². The van der Waals surface area contributed by atoms with Crippen LogP contribution in [0, 0.1) is 0 Å². The van der Waals surface area contributed by atoms with Gasteiger partial charge in [0.2, 0.25) is 0 Å². The van der Waals surface area contributed by atoms with Crippen LogP contribution >= 0.6 is 36.2 Å². The van der Waals surface area contributed by atoms with Gasteiger partial charge < -0.3 is 15.2 Å². The highest BCUT2D eigenvalue weighted by Crippen LogP contribution is 2.31. The molecule has 0 bridgehead atoms. The Morgan fingerprint density at radius 2 is 1.91 bits per heavy atom. The molecule has 1 aliphatic heterocycles. The van der Waals surface area contributed by atoms with Gasteiger partial charge in [-0.3, -0.25) is 0 Å². The van der Waals surface area contributed by atoms with Crippen molar-refractivity contribution < 1.29 is 9.84 Å². The largest absolute Gasteiger partial charge is 0.507 e. The molecule has 1 fully saturated rings. The number of nitrogens with one attached hydrogen (secondary N) is 1. The van der Waals surface area contributed by atoms with Crippen LogP contribution in [0.15, 0.2) is 53.4 Å². The van der Waals surface area contributed by atoms with Crippen LogP contribution in [0.3, 0.4) is 0 Å². The second-order valence-electron chi connectivity index (χ2n) is 4.85. The lowest BCUT2D eigenvalue weighted by Crippen LogP contribution is -2.15. The second kappa shape index (κ2) is 7.12. The molecule has 2 N–H and O–H groups in total. The number of phenolic OH excluding ortho intramolecular Hbond substituents is 1. The van der Waals surface area contributed by atoms with E-state index in [0.717, 1.165) is 10.5 Å². The van der Waals surface area contributed by atoms with Gasteiger partial charge in [-0.1, -0.05) is 66.5 Å². The molecule has 0 aromatic heterocycles. The molecular weight excluding hydrogens is 346 g/mol. The third-order valence-electron chi connectivity index (χ3n) is 3.18. The first kappa shape index (κ1) is 16.0. The van der Waals surface area contributed by atoms with Crippen molar-refractivity contribution >= 4 is 51.6 Å². The lowest BCUT2D eigenvalue weighted by Gasteiger charge is -2.08. The van der Waals surface area contributed by atoms with Crippen molar-refractivity contribution in [3.8, 4) is 11.5 Å². The third kappa shape index (κ3) is 4.10. The van der Waals surface area contributed by atoms with Gasteiger partial charge in [-0.05, 0) is 23.8 Å². The molecule has 0 spiro atoms. The Bertz CT molecular complexity index is 788. The maximum absolute atomic E-state index is 10.2. The van der Waals surface area contributed by atoms with Gasteiger partial charge in [0, 0.05) is 11.6 Å². The molecule has 0 atom stereocenters. The van der Waals surface area contributed by atoms with E-state index in [-0.39, 0.29) is 5.75 Å². The van der Waals surface area contributed by atoms with E-state index in [1.165, 1.54) is 11.8 Å². The molecule has 6 heteroatoms. The van der Waals surface area contributed by atoms with E-state index < -0.39 is 0 Å². The minimum atomic E-state index is 0.143. The number of benzene rings is 2. The average Bonchev–Trinajstić information content (AvgIpc) is 2.86. The molecule has 1 heterocycles. The highest BCUT2D eigenvalue weighted by atomic mass is 32.2. The summed E-state index contributed by atoms with van der Waals surface area (Å²) < 4.78 is 6.32. The smallest absolute Gasteiger partial charge is 0.143 e. The van der Waals surface area contributed by atoms with Gasteiger partial charge in [-0.25, -0.2) is 0 Å². The molecule has 0 aliphatic carbocycles. The van der Waals surface area contributed by atoms with Crippen LogP contribution in [0.2, 0.25) is 0 Å². The molecule has 3 nitrogen and oxygen atoms in total. The Morgan fingerprint density at radius 1 is 1.13 bits per heavy atom. The highest BCUT2D eigenvalue weighted by Gasteiger charge is 2.18. The van der Waals surface area contributed by atoms with Gasteiger partial charge in [-0.15, -0.1) is 0 Å². The van der Waals surface area contributed by atoms with Crippen LogP contribution in [0.25, 0.3) is 6.08 Å². The molecule has 1 saturated heterocycles. The van der Waals surface area contributed by atoms with Gasteiger partial charge in [0.05, 0.1) is 4.91 Å². The summed E-state index contributed by atoms with van der Waals surface area (Å²) in [5.74, 6) is 0.757. The highest BCUT2D eigenvalue weighted by molar-refractivity contribution is 8.27. The maximum Gasteiger partial charge on any atom is 0.143 e. The lowest BCUT2D eigenvalue weighted by atomic mass is 10.1. The number of phenols is 1. The second-order valence-corrected chi connectivity index (χ2v) is 6.97. The number of hydrogen-bond acceptors (Lipinski definition) is 5. The van der Waals surface area contributed by atoms with Gasteiger partial charge in [0.25, 0.3) is 0 Å². The minimum Gasteiger partial charge on any atom is -0.507 e. The van der Waals surface area contributed by atoms with Gasteiger partial charge in [0.1, 0.15) is 27.4 Å². The van der Waals surface area contributed by atoms with Crippen LogP contribution in [-0.4, -0.2) is 14.4 Å². The SMILES string of the molecule is Oc1cc(OCc2ccccc2)ccc1/C=C1\SC(=S)NC1=S. The predicted octanol–water partition coefficient (Wildman–Crippen LogP) is 4.26. The van der Waals surface area contributed by atoms with Gasteiger partial charge in [0.15, 0.2) is 0 Å². The van der Waals surface area contributed by atoms with Crippen molar-refractivity contribution in [3.05, 3.63) is 64.6 Å². The fraction of sp³-hybridized carbons (Fsp3) is 0.0588. The van der Waals surface area contributed by atoms with Gasteiger partial charge in [-0.2, -0.15) is 0 Å². The van der Waals surface area contributed by atoms with Crippen molar-refractivity contribution in [2.45, 2.75) is 6.61 Å². The number of hydrogen-bond donors (Lipinski definition) is 2. The molecule has 0 amide bonds.